The van der Waals surface area contributed by atoms with Crippen molar-refractivity contribution in [2.45, 2.75) is 6.42 Å². The normalized spacial score (nSPS) is 16.7. The largest absolute Gasteiger partial charge is 0.466 e. The summed E-state index contributed by atoms with van der Waals surface area (Å²) in [4.78, 5) is 24.1. The minimum atomic E-state index is -0.569. The molecule has 0 unspecified atom stereocenters. The molecule has 0 aromatic carbocycles. The second-order valence-electron chi connectivity index (χ2n) is 3.83. The van der Waals surface area contributed by atoms with Crippen molar-refractivity contribution in [2.75, 3.05) is 46.6 Å². The Morgan fingerprint density at radius 3 is 2.56 bits per heavy atom. The molecule has 0 aromatic rings. The Morgan fingerprint density at radius 1 is 1.22 bits per heavy atom. The first-order chi connectivity index (χ1) is 8.72. The summed E-state index contributed by atoms with van der Waals surface area (Å²) in [5, 5.41) is 0. The molecule has 18 heavy (non-hydrogen) atoms. The smallest absolute Gasteiger partial charge is 0.331 e. The molecule has 0 amide bonds. The standard InChI is InChI=1S/C12H19NO5/c1-16-11(14)3-4-12(15)18-8-2-5-13-6-9-17-10-7-13/h3-4H,2,5-10H2,1H3. The van der Waals surface area contributed by atoms with E-state index >= 15 is 0 Å². The minimum Gasteiger partial charge on any atom is -0.466 e. The zero-order chi connectivity index (χ0) is 13.2. The van der Waals surface area contributed by atoms with Gasteiger partial charge in [0.15, 0.2) is 0 Å². The molecule has 0 atom stereocenters. The third-order valence-corrected chi connectivity index (χ3v) is 2.52. The maximum atomic E-state index is 11.2. The molecule has 0 radical (unpaired) electrons. The van der Waals surface area contributed by atoms with Crippen molar-refractivity contribution in [3.05, 3.63) is 12.2 Å². The van der Waals surface area contributed by atoms with Gasteiger partial charge in [0.1, 0.15) is 0 Å². The second kappa shape index (κ2) is 8.66. The molecule has 1 heterocycles. The van der Waals surface area contributed by atoms with Crippen molar-refractivity contribution in [1.82, 2.24) is 4.90 Å². The molecular formula is C12H19NO5. The molecule has 1 fully saturated rings. The molecule has 0 aliphatic carbocycles. The van der Waals surface area contributed by atoms with Gasteiger partial charge in [-0.2, -0.15) is 0 Å². The van der Waals surface area contributed by atoms with Crippen LogP contribution in [0.25, 0.3) is 0 Å². The van der Waals surface area contributed by atoms with Crippen LogP contribution in [0.2, 0.25) is 0 Å². The Balaban J connectivity index is 2.04. The Bertz CT molecular complexity index is 297. The van der Waals surface area contributed by atoms with Gasteiger partial charge in [0.25, 0.3) is 0 Å². The van der Waals surface area contributed by atoms with Gasteiger partial charge in [-0.1, -0.05) is 0 Å². The van der Waals surface area contributed by atoms with Crippen LogP contribution in [0.15, 0.2) is 12.2 Å². The Labute approximate surface area is 106 Å². The molecule has 1 rings (SSSR count). The van der Waals surface area contributed by atoms with Crippen LogP contribution in [0, 0.1) is 0 Å². The van der Waals surface area contributed by atoms with Gasteiger partial charge >= 0.3 is 11.9 Å². The van der Waals surface area contributed by atoms with Crippen LogP contribution >= 0.6 is 0 Å². The van der Waals surface area contributed by atoms with Gasteiger partial charge in [-0.05, 0) is 6.42 Å². The van der Waals surface area contributed by atoms with Crippen molar-refractivity contribution >= 4 is 11.9 Å². The molecule has 1 saturated heterocycles. The summed E-state index contributed by atoms with van der Waals surface area (Å²) >= 11 is 0. The third kappa shape index (κ3) is 6.36. The lowest BCUT2D eigenvalue weighted by Crippen LogP contribution is -2.37. The molecule has 1 aliphatic rings. The van der Waals surface area contributed by atoms with Gasteiger partial charge in [0, 0.05) is 31.8 Å². The molecule has 1 aliphatic heterocycles. The van der Waals surface area contributed by atoms with Crippen LogP contribution in [-0.2, 0) is 23.8 Å². The SMILES string of the molecule is COC(=O)C=CC(=O)OCCCN1CCOCC1. The number of carbonyl (C=O) groups is 2. The fraction of sp³-hybridized carbons (Fsp3) is 0.667. The van der Waals surface area contributed by atoms with E-state index in [9.17, 15) is 9.59 Å². The maximum Gasteiger partial charge on any atom is 0.331 e. The maximum absolute atomic E-state index is 11.2. The first-order valence-corrected chi connectivity index (χ1v) is 5.95. The first-order valence-electron chi connectivity index (χ1n) is 5.95. The summed E-state index contributed by atoms with van der Waals surface area (Å²) in [7, 11) is 1.25. The molecule has 0 saturated carbocycles. The fourth-order valence-electron chi connectivity index (χ4n) is 1.54. The average molecular weight is 257 g/mol. The summed E-state index contributed by atoms with van der Waals surface area (Å²) in [5.41, 5.74) is 0. The second-order valence-corrected chi connectivity index (χ2v) is 3.83. The summed E-state index contributed by atoms with van der Waals surface area (Å²) in [6.45, 7) is 4.62. The summed E-state index contributed by atoms with van der Waals surface area (Å²) in [5.74, 6) is -1.09. The lowest BCUT2D eigenvalue weighted by molar-refractivity contribution is -0.139. The van der Waals surface area contributed by atoms with E-state index in [1.807, 2.05) is 0 Å². The van der Waals surface area contributed by atoms with Gasteiger partial charge in [-0.15, -0.1) is 0 Å². The van der Waals surface area contributed by atoms with E-state index in [0.717, 1.165) is 51.4 Å². The van der Waals surface area contributed by atoms with Crippen LogP contribution in [0.5, 0.6) is 0 Å². The number of morpholine rings is 1. The van der Waals surface area contributed by atoms with Crippen molar-refractivity contribution in [3.63, 3.8) is 0 Å². The molecule has 6 nitrogen and oxygen atoms in total. The van der Waals surface area contributed by atoms with Crippen LogP contribution in [-0.4, -0.2) is 63.4 Å². The molecule has 0 N–H and O–H groups in total. The number of ether oxygens (including phenoxy) is 3. The lowest BCUT2D eigenvalue weighted by atomic mass is 10.3. The number of hydrogen-bond donors (Lipinski definition) is 0. The van der Waals surface area contributed by atoms with Crippen molar-refractivity contribution in [1.29, 1.82) is 0 Å². The van der Waals surface area contributed by atoms with E-state index in [4.69, 9.17) is 9.47 Å². The topological polar surface area (TPSA) is 65.1 Å². The highest BCUT2D eigenvalue weighted by Crippen LogP contribution is 1.98. The van der Waals surface area contributed by atoms with E-state index in [1.165, 1.54) is 7.11 Å². The van der Waals surface area contributed by atoms with Gasteiger partial charge in [0.2, 0.25) is 0 Å². The number of carbonyl (C=O) groups excluding carboxylic acids is 2. The van der Waals surface area contributed by atoms with E-state index < -0.39 is 11.9 Å². The highest BCUT2D eigenvalue weighted by molar-refractivity contribution is 5.91. The third-order valence-electron chi connectivity index (χ3n) is 2.52. The van der Waals surface area contributed by atoms with E-state index in [-0.39, 0.29) is 0 Å². The van der Waals surface area contributed by atoms with E-state index in [1.54, 1.807) is 0 Å². The molecule has 0 aromatic heterocycles. The van der Waals surface area contributed by atoms with Crippen molar-refractivity contribution < 1.29 is 23.8 Å². The van der Waals surface area contributed by atoms with Gasteiger partial charge in [-0.3, -0.25) is 4.90 Å². The van der Waals surface area contributed by atoms with Crippen LogP contribution in [0.3, 0.4) is 0 Å². The number of methoxy groups -OCH3 is 1. The quantitative estimate of drug-likeness (QED) is 0.378. The highest BCUT2D eigenvalue weighted by Gasteiger charge is 2.09. The minimum absolute atomic E-state index is 0.349. The lowest BCUT2D eigenvalue weighted by Gasteiger charge is -2.26. The number of esters is 2. The Morgan fingerprint density at radius 2 is 1.89 bits per heavy atom. The Hall–Kier alpha value is -1.40. The monoisotopic (exact) mass is 257 g/mol. The van der Waals surface area contributed by atoms with Gasteiger partial charge in [-0.25, -0.2) is 9.59 Å². The average Bonchev–Trinajstić information content (AvgIpc) is 2.42. The molecule has 102 valence electrons. The van der Waals surface area contributed by atoms with Gasteiger partial charge < -0.3 is 14.2 Å². The fourth-order valence-corrected chi connectivity index (χ4v) is 1.54. The van der Waals surface area contributed by atoms with E-state index in [2.05, 4.69) is 9.64 Å². The molecule has 0 bridgehead atoms. The zero-order valence-electron chi connectivity index (χ0n) is 10.6. The van der Waals surface area contributed by atoms with Crippen LogP contribution < -0.4 is 0 Å². The predicted octanol–water partition coefficient (Wildman–Crippen LogP) is -0.0189. The summed E-state index contributed by atoms with van der Waals surface area (Å²) < 4.78 is 14.5. The van der Waals surface area contributed by atoms with E-state index in [0.29, 0.717) is 6.61 Å². The molecule has 6 heteroatoms. The first kappa shape index (κ1) is 14.7. The zero-order valence-corrected chi connectivity index (χ0v) is 10.6. The summed E-state index contributed by atoms with van der Waals surface area (Å²) in [6, 6.07) is 0. The van der Waals surface area contributed by atoms with Crippen molar-refractivity contribution in [3.8, 4) is 0 Å². The van der Waals surface area contributed by atoms with Crippen molar-refractivity contribution in [2.24, 2.45) is 0 Å². The summed E-state index contributed by atoms with van der Waals surface area (Å²) in [6.07, 6.45) is 2.89. The van der Waals surface area contributed by atoms with Gasteiger partial charge in [0.05, 0.1) is 26.9 Å². The molecular weight excluding hydrogens is 238 g/mol. The highest BCUT2D eigenvalue weighted by atomic mass is 16.5. The van der Waals surface area contributed by atoms with Crippen LogP contribution in [0.1, 0.15) is 6.42 Å². The number of nitrogens with zero attached hydrogens (tertiary/aromatic N) is 1. The molecule has 0 spiro atoms. The number of hydrogen-bond acceptors (Lipinski definition) is 6. The Kier molecular flexibility index (Phi) is 7.05. The predicted molar refractivity (Wildman–Crippen MR) is 64.0 cm³/mol. The number of rotatable bonds is 6. The van der Waals surface area contributed by atoms with Crippen LogP contribution in [0.4, 0.5) is 0 Å².